The SMILES string of the molecule is CN(C=O)C(C(=O)O)c1cscn1. The Morgan fingerprint density at radius 1 is 1.85 bits per heavy atom. The summed E-state index contributed by atoms with van der Waals surface area (Å²) in [6.45, 7) is 0. The highest BCUT2D eigenvalue weighted by Gasteiger charge is 2.25. The number of nitrogens with zero attached hydrogens (tertiary/aromatic N) is 2. The molecule has 1 rings (SSSR count). The number of likely N-dealkylation sites (N-methyl/N-ethyl adjacent to an activating group) is 1. The van der Waals surface area contributed by atoms with E-state index in [0.717, 1.165) is 4.90 Å². The maximum Gasteiger partial charge on any atom is 0.332 e. The van der Waals surface area contributed by atoms with Gasteiger partial charge in [0.2, 0.25) is 6.41 Å². The molecule has 1 aromatic heterocycles. The maximum atomic E-state index is 10.8. The third kappa shape index (κ3) is 2.03. The van der Waals surface area contributed by atoms with Crippen molar-refractivity contribution in [3.63, 3.8) is 0 Å². The van der Waals surface area contributed by atoms with E-state index in [9.17, 15) is 9.59 Å². The second kappa shape index (κ2) is 3.99. The Bertz CT molecular complexity index is 299. The molecule has 0 aliphatic heterocycles. The Hall–Kier alpha value is -1.43. The lowest BCUT2D eigenvalue weighted by Gasteiger charge is -2.17. The number of carboxylic acids is 1. The molecule has 0 saturated carbocycles. The molecule has 6 heteroatoms. The molecule has 1 atom stereocenters. The van der Waals surface area contributed by atoms with Gasteiger partial charge in [0.05, 0.1) is 11.2 Å². The van der Waals surface area contributed by atoms with Crippen molar-refractivity contribution >= 4 is 23.7 Å². The zero-order chi connectivity index (χ0) is 9.84. The quantitative estimate of drug-likeness (QED) is 0.712. The molecule has 0 saturated heterocycles. The van der Waals surface area contributed by atoms with E-state index in [-0.39, 0.29) is 0 Å². The van der Waals surface area contributed by atoms with Crippen molar-refractivity contribution in [1.82, 2.24) is 9.88 Å². The number of thiazole rings is 1. The van der Waals surface area contributed by atoms with Crippen molar-refractivity contribution in [3.8, 4) is 0 Å². The minimum absolute atomic E-state index is 0.382. The molecule has 1 N–H and O–H groups in total. The van der Waals surface area contributed by atoms with Crippen LogP contribution in [0.3, 0.4) is 0 Å². The summed E-state index contributed by atoms with van der Waals surface area (Å²) in [7, 11) is 1.41. The van der Waals surface area contributed by atoms with E-state index >= 15 is 0 Å². The zero-order valence-electron chi connectivity index (χ0n) is 6.88. The Kier molecular flexibility index (Phi) is 2.97. The van der Waals surface area contributed by atoms with Crippen LogP contribution in [0.15, 0.2) is 10.9 Å². The summed E-state index contributed by atoms with van der Waals surface area (Å²) in [5, 5.41) is 10.4. The van der Waals surface area contributed by atoms with Gasteiger partial charge in [-0.05, 0) is 0 Å². The molecule has 1 aromatic rings. The molecule has 13 heavy (non-hydrogen) atoms. The van der Waals surface area contributed by atoms with Gasteiger partial charge in [0.25, 0.3) is 0 Å². The van der Waals surface area contributed by atoms with Crippen molar-refractivity contribution in [1.29, 1.82) is 0 Å². The zero-order valence-corrected chi connectivity index (χ0v) is 7.69. The Labute approximate surface area is 78.6 Å². The van der Waals surface area contributed by atoms with Crippen LogP contribution in [0.2, 0.25) is 0 Å². The maximum absolute atomic E-state index is 10.8. The predicted molar refractivity (Wildman–Crippen MR) is 46.3 cm³/mol. The standard InChI is InChI=1S/C7H8N2O3S/c1-9(4-10)6(7(11)12)5-2-13-3-8-5/h2-4,6H,1H3,(H,11,12). The summed E-state index contributed by atoms with van der Waals surface area (Å²) >= 11 is 1.30. The van der Waals surface area contributed by atoms with Crippen LogP contribution in [-0.4, -0.2) is 34.4 Å². The molecule has 1 amide bonds. The second-order valence-corrected chi connectivity index (χ2v) is 3.14. The van der Waals surface area contributed by atoms with E-state index in [1.54, 1.807) is 5.38 Å². The molecule has 0 aliphatic rings. The Morgan fingerprint density at radius 2 is 2.54 bits per heavy atom. The molecule has 70 valence electrons. The van der Waals surface area contributed by atoms with Gasteiger partial charge < -0.3 is 10.0 Å². The van der Waals surface area contributed by atoms with Gasteiger partial charge in [-0.25, -0.2) is 9.78 Å². The first-order valence-corrected chi connectivity index (χ1v) is 4.39. The van der Waals surface area contributed by atoms with Crippen LogP contribution in [0.1, 0.15) is 11.7 Å². The van der Waals surface area contributed by atoms with Gasteiger partial charge in [0.1, 0.15) is 0 Å². The largest absolute Gasteiger partial charge is 0.479 e. The molecule has 0 spiro atoms. The molecule has 5 nitrogen and oxygen atoms in total. The molecule has 1 heterocycles. The Balaban J connectivity index is 2.93. The van der Waals surface area contributed by atoms with Crippen molar-refractivity contribution < 1.29 is 14.7 Å². The third-order valence-electron chi connectivity index (χ3n) is 1.54. The van der Waals surface area contributed by atoms with Crippen molar-refractivity contribution in [2.24, 2.45) is 0 Å². The van der Waals surface area contributed by atoms with Crippen molar-refractivity contribution in [2.75, 3.05) is 7.05 Å². The lowest BCUT2D eigenvalue weighted by molar-refractivity contribution is -0.145. The number of carbonyl (C=O) groups is 2. The number of aromatic nitrogens is 1. The van der Waals surface area contributed by atoms with E-state index in [2.05, 4.69) is 4.98 Å². The predicted octanol–water partition coefficient (Wildman–Crippen LogP) is 0.357. The van der Waals surface area contributed by atoms with Crippen LogP contribution < -0.4 is 0 Å². The number of hydrogen-bond acceptors (Lipinski definition) is 4. The van der Waals surface area contributed by atoms with Crippen LogP contribution in [0, 0.1) is 0 Å². The van der Waals surface area contributed by atoms with Gasteiger partial charge in [0.15, 0.2) is 6.04 Å². The number of hydrogen-bond donors (Lipinski definition) is 1. The number of carboxylic acid groups (broad SMARTS) is 1. The number of rotatable bonds is 4. The molecule has 1 unspecified atom stereocenters. The average Bonchev–Trinajstić information content (AvgIpc) is 2.56. The number of aliphatic carboxylic acids is 1. The minimum atomic E-state index is -1.08. The first kappa shape index (κ1) is 9.66. The number of amides is 1. The van der Waals surface area contributed by atoms with E-state index < -0.39 is 12.0 Å². The smallest absolute Gasteiger partial charge is 0.332 e. The summed E-state index contributed by atoms with van der Waals surface area (Å²) in [5.74, 6) is -1.08. The van der Waals surface area contributed by atoms with Crippen molar-refractivity contribution in [3.05, 3.63) is 16.6 Å². The fraction of sp³-hybridized carbons (Fsp3) is 0.286. The van der Waals surface area contributed by atoms with Gasteiger partial charge in [-0.1, -0.05) is 0 Å². The molecular formula is C7H8N2O3S. The van der Waals surface area contributed by atoms with Crippen LogP contribution in [0.5, 0.6) is 0 Å². The van der Waals surface area contributed by atoms with Crippen LogP contribution in [0.4, 0.5) is 0 Å². The summed E-state index contributed by atoms with van der Waals surface area (Å²) in [4.78, 5) is 26.1. The van der Waals surface area contributed by atoms with Crippen molar-refractivity contribution in [2.45, 2.75) is 6.04 Å². The summed E-state index contributed by atoms with van der Waals surface area (Å²) in [6, 6.07) is -0.983. The molecule has 0 aromatic carbocycles. The summed E-state index contributed by atoms with van der Waals surface area (Å²) in [6.07, 6.45) is 0.470. The summed E-state index contributed by atoms with van der Waals surface area (Å²) in [5.41, 5.74) is 1.91. The molecule has 0 bridgehead atoms. The van der Waals surface area contributed by atoms with E-state index in [1.807, 2.05) is 0 Å². The van der Waals surface area contributed by atoms with E-state index in [1.165, 1.54) is 23.9 Å². The van der Waals surface area contributed by atoms with Gasteiger partial charge in [-0.15, -0.1) is 11.3 Å². The van der Waals surface area contributed by atoms with Crippen LogP contribution in [0.25, 0.3) is 0 Å². The fourth-order valence-electron chi connectivity index (χ4n) is 0.927. The normalized spacial score (nSPS) is 12.1. The van der Waals surface area contributed by atoms with Crippen LogP contribution in [-0.2, 0) is 9.59 Å². The highest BCUT2D eigenvalue weighted by atomic mass is 32.1. The van der Waals surface area contributed by atoms with Crippen LogP contribution >= 0.6 is 11.3 Å². The molecule has 0 aliphatic carbocycles. The second-order valence-electron chi connectivity index (χ2n) is 2.42. The minimum Gasteiger partial charge on any atom is -0.479 e. The van der Waals surface area contributed by atoms with E-state index in [0.29, 0.717) is 12.1 Å². The topological polar surface area (TPSA) is 70.5 Å². The van der Waals surface area contributed by atoms with Gasteiger partial charge >= 0.3 is 5.97 Å². The molecule has 0 radical (unpaired) electrons. The van der Waals surface area contributed by atoms with E-state index in [4.69, 9.17) is 5.11 Å². The summed E-state index contributed by atoms with van der Waals surface area (Å²) < 4.78 is 0. The third-order valence-corrected chi connectivity index (χ3v) is 2.14. The lowest BCUT2D eigenvalue weighted by Crippen LogP contribution is -2.29. The Morgan fingerprint density at radius 3 is 2.92 bits per heavy atom. The van der Waals surface area contributed by atoms with Gasteiger partial charge in [0, 0.05) is 12.4 Å². The highest BCUT2D eigenvalue weighted by Crippen LogP contribution is 2.17. The van der Waals surface area contributed by atoms with Gasteiger partial charge in [-0.2, -0.15) is 0 Å². The number of carbonyl (C=O) groups excluding carboxylic acids is 1. The monoisotopic (exact) mass is 200 g/mol. The highest BCUT2D eigenvalue weighted by molar-refractivity contribution is 7.07. The lowest BCUT2D eigenvalue weighted by atomic mass is 10.2. The molecular weight excluding hydrogens is 192 g/mol. The first-order valence-electron chi connectivity index (χ1n) is 3.45. The first-order chi connectivity index (χ1) is 6.16. The van der Waals surface area contributed by atoms with Gasteiger partial charge in [-0.3, -0.25) is 4.79 Å². The average molecular weight is 200 g/mol. The fourth-order valence-corrected chi connectivity index (χ4v) is 1.50. The molecule has 0 fully saturated rings.